The molecular weight excluding hydrogens is 254 g/mol. The zero-order chi connectivity index (χ0) is 14.4. The summed E-state index contributed by atoms with van der Waals surface area (Å²) < 4.78 is 0. The molecule has 1 aliphatic rings. The molecule has 1 aromatic carbocycles. The van der Waals surface area contributed by atoms with E-state index >= 15 is 0 Å². The second-order valence-corrected chi connectivity index (χ2v) is 5.59. The van der Waals surface area contributed by atoms with Crippen LogP contribution in [0.25, 0.3) is 0 Å². The average molecular weight is 277 g/mol. The molecule has 0 spiro atoms. The number of rotatable bonds is 6. The van der Waals surface area contributed by atoms with Gasteiger partial charge in [0.05, 0.1) is 4.92 Å². The molecule has 5 nitrogen and oxygen atoms in total. The second kappa shape index (κ2) is 7.36. The van der Waals surface area contributed by atoms with Crippen molar-refractivity contribution in [3.05, 3.63) is 39.9 Å². The van der Waals surface area contributed by atoms with Crippen molar-refractivity contribution in [3.8, 4) is 0 Å². The molecule has 0 atom stereocenters. The summed E-state index contributed by atoms with van der Waals surface area (Å²) in [6.45, 7) is 7.11. The number of hydrogen-bond donors (Lipinski definition) is 1. The van der Waals surface area contributed by atoms with Crippen LogP contribution in [-0.4, -0.2) is 36.0 Å². The van der Waals surface area contributed by atoms with Crippen molar-refractivity contribution in [2.45, 2.75) is 26.3 Å². The van der Waals surface area contributed by atoms with Crippen LogP contribution in [0.5, 0.6) is 0 Å². The largest absolute Gasteiger partial charge is 0.311 e. The van der Waals surface area contributed by atoms with Gasteiger partial charge in [0.2, 0.25) is 0 Å². The van der Waals surface area contributed by atoms with Gasteiger partial charge in [0.15, 0.2) is 0 Å². The Morgan fingerprint density at radius 2 is 2.05 bits per heavy atom. The molecule has 0 saturated carbocycles. The van der Waals surface area contributed by atoms with Crippen molar-refractivity contribution in [3.63, 3.8) is 0 Å². The summed E-state index contributed by atoms with van der Waals surface area (Å²) in [5.74, 6) is 0.853. The van der Waals surface area contributed by atoms with E-state index in [1.165, 1.54) is 25.9 Å². The van der Waals surface area contributed by atoms with Gasteiger partial charge in [-0.3, -0.25) is 10.1 Å². The van der Waals surface area contributed by atoms with E-state index in [9.17, 15) is 10.1 Å². The number of piperidine rings is 1. The molecule has 110 valence electrons. The average Bonchev–Trinajstić information content (AvgIpc) is 2.46. The van der Waals surface area contributed by atoms with Gasteiger partial charge in [-0.15, -0.1) is 0 Å². The number of para-hydroxylation sites is 1. The number of nitrogens with zero attached hydrogens (tertiary/aromatic N) is 2. The molecule has 1 fully saturated rings. The van der Waals surface area contributed by atoms with Crippen LogP contribution in [0, 0.1) is 16.0 Å². The lowest BCUT2D eigenvalue weighted by molar-refractivity contribution is -0.385. The van der Waals surface area contributed by atoms with Crippen LogP contribution >= 0.6 is 0 Å². The van der Waals surface area contributed by atoms with Crippen molar-refractivity contribution in [1.29, 1.82) is 0 Å². The van der Waals surface area contributed by atoms with Crippen LogP contribution in [0.3, 0.4) is 0 Å². The van der Waals surface area contributed by atoms with Crippen LogP contribution in [0.15, 0.2) is 24.3 Å². The van der Waals surface area contributed by atoms with Gasteiger partial charge < -0.3 is 10.2 Å². The maximum atomic E-state index is 10.9. The number of benzene rings is 1. The lowest BCUT2D eigenvalue weighted by Crippen LogP contribution is -2.37. The Hall–Kier alpha value is -1.46. The first-order valence-electron chi connectivity index (χ1n) is 7.32. The maximum absolute atomic E-state index is 10.9. The monoisotopic (exact) mass is 277 g/mol. The summed E-state index contributed by atoms with van der Waals surface area (Å²) >= 11 is 0. The van der Waals surface area contributed by atoms with E-state index in [1.54, 1.807) is 12.1 Å². The van der Waals surface area contributed by atoms with Gasteiger partial charge in [-0.1, -0.05) is 25.1 Å². The molecular formula is C15H23N3O2. The molecule has 0 bridgehead atoms. The first kappa shape index (κ1) is 14.9. The zero-order valence-corrected chi connectivity index (χ0v) is 12.0. The first-order valence-corrected chi connectivity index (χ1v) is 7.32. The molecule has 0 unspecified atom stereocenters. The fraction of sp³-hybridized carbons (Fsp3) is 0.600. The molecule has 1 aliphatic heterocycles. The lowest BCUT2D eigenvalue weighted by Gasteiger charge is -2.30. The Morgan fingerprint density at radius 1 is 1.35 bits per heavy atom. The van der Waals surface area contributed by atoms with Crippen molar-refractivity contribution < 1.29 is 4.92 Å². The highest BCUT2D eigenvalue weighted by atomic mass is 16.6. The Morgan fingerprint density at radius 3 is 2.75 bits per heavy atom. The highest BCUT2D eigenvalue weighted by Gasteiger charge is 2.15. The van der Waals surface area contributed by atoms with E-state index in [4.69, 9.17) is 0 Å². The molecule has 0 amide bonds. The summed E-state index contributed by atoms with van der Waals surface area (Å²) in [5.41, 5.74) is 0.955. The molecule has 0 aromatic heterocycles. The topological polar surface area (TPSA) is 58.4 Å². The number of likely N-dealkylation sites (tertiary alicyclic amines) is 1. The second-order valence-electron chi connectivity index (χ2n) is 5.59. The molecule has 20 heavy (non-hydrogen) atoms. The predicted octanol–water partition coefficient (Wildman–Crippen LogP) is 2.42. The lowest BCUT2D eigenvalue weighted by atomic mass is 9.99. The van der Waals surface area contributed by atoms with Crippen LogP contribution in [0.1, 0.15) is 25.3 Å². The van der Waals surface area contributed by atoms with Crippen LogP contribution < -0.4 is 5.32 Å². The zero-order valence-electron chi connectivity index (χ0n) is 12.0. The Balaban J connectivity index is 1.72. The van der Waals surface area contributed by atoms with Crippen LogP contribution in [-0.2, 0) is 6.54 Å². The van der Waals surface area contributed by atoms with Gasteiger partial charge in [0.1, 0.15) is 0 Å². The van der Waals surface area contributed by atoms with Gasteiger partial charge in [-0.05, 0) is 31.8 Å². The number of nitro benzene ring substituents is 1. The summed E-state index contributed by atoms with van der Waals surface area (Å²) in [6.07, 6.45) is 2.56. The third-order valence-corrected chi connectivity index (χ3v) is 3.98. The molecule has 0 radical (unpaired) electrons. The summed E-state index contributed by atoms with van der Waals surface area (Å²) in [6, 6.07) is 6.92. The Kier molecular flexibility index (Phi) is 5.49. The number of hydrogen-bond acceptors (Lipinski definition) is 4. The Labute approximate surface area is 120 Å². The maximum Gasteiger partial charge on any atom is 0.273 e. The van der Waals surface area contributed by atoms with E-state index in [0.29, 0.717) is 6.54 Å². The minimum Gasteiger partial charge on any atom is -0.311 e. The number of nitrogens with one attached hydrogen (secondary N) is 1. The fourth-order valence-corrected chi connectivity index (χ4v) is 2.58. The molecule has 1 aromatic rings. The number of nitro groups is 1. The van der Waals surface area contributed by atoms with Crippen molar-refractivity contribution >= 4 is 5.69 Å². The van der Waals surface area contributed by atoms with Crippen molar-refractivity contribution in [2.75, 3.05) is 26.2 Å². The van der Waals surface area contributed by atoms with Gasteiger partial charge in [-0.25, -0.2) is 0 Å². The SMILES string of the molecule is CC1CCN(CCNCc2ccccc2[N+](=O)[O-])CC1. The van der Waals surface area contributed by atoms with E-state index in [-0.39, 0.29) is 10.6 Å². The van der Waals surface area contributed by atoms with Gasteiger partial charge in [-0.2, -0.15) is 0 Å². The summed E-state index contributed by atoms with van der Waals surface area (Å²) in [4.78, 5) is 13.1. The minimum absolute atomic E-state index is 0.201. The molecule has 1 saturated heterocycles. The van der Waals surface area contributed by atoms with Crippen LogP contribution in [0.2, 0.25) is 0 Å². The quantitative estimate of drug-likeness (QED) is 0.493. The third kappa shape index (κ3) is 4.28. The smallest absolute Gasteiger partial charge is 0.273 e. The predicted molar refractivity (Wildman–Crippen MR) is 79.6 cm³/mol. The molecule has 0 aliphatic carbocycles. The molecule has 1 heterocycles. The highest BCUT2D eigenvalue weighted by molar-refractivity contribution is 5.39. The van der Waals surface area contributed by atoms with E-state index < -0.39 is 0 Å². The van der Waals surface area contributed by atoms with Crippen molar-refractivity contribution in [1.82, 2.24) is 10.2 Å². The van der Waals surface area contributed by atoms with Gasteiger partial charge in [0, 0.05) is 31.3 Å². The first-order chi connectivity index (χ1) is 9.66. The fourth-order valence-electron chi connectivity index (χ4n) is 2.58. The molecule has 1 N–H and O–H groups in total. The van der Waals surface area contributed by atoms with E-state index in [0.717, 1.165) is 24.6 Å². The standard InChI is InChI=1S/C15H23N3O2/c1-13-6-9-17(10-7-13)11-8-16-12-14-4-2-3-5-15(14)18(19)20/h2-5,13,16H,6-12H2,1H3. The van der Waals surface area contributed by atoms with Crippen LogP contribution in [0.4, 0.5) is 5.69 Å². The third-order valence-electron chi connectivity index (χ3n) is 3.98. The summed E-state index contributed by atoms with van der Waals surface area (Å²) in [7, 11) is 0. The van der Waals surface area contributed by atoms with Gasteiger partial charge >= 0.3 is 0 Å². The van der Waals surface area contributed by atoms with E-state index in [2.05, 4.69) is 17.1 Å². The minimum atomic E-state index is -0.316. The van der Waals surface area contributed by atoms with E-state index in [1.807, 2.05) is 12.1 Å². The molecule has 5 heteroatoms. The van der Waals surface area contributed by atoms with Crippen molar-refractivity contribution in [2.24, 2.45) is 5.92 Å². The highest BCUT2D eigenvalue weighted by Crippen LogP contribution is 2.17. The summed E-state index contributed by atoms with van der Waals surface area (Å²) in [5, 5.41) is 14.2. The van der Waals surface area contributed by atoms with Gasteiger partial charge in [0.25, 0.3) is 5.69 Å². The molecule has 2 rings (SSSR count). The normalized spacial score (nSPS) is 17.2. The Bertz CT molecular complexity index is 442.